The molecule has 0 fully saturated rings. The van der Waals surface area contributed by atoms with Gasteiger partial charge in [-0.05, 0) is 24.6 Å². The van der Waals surface area contributed by atoms with Gasteiger partial charge in [-0.25, -0.2) is 0 Å². The van der Waals surface area contributed by atoms with E-state index in [2.05, 4.69) is 10.7 Å². The van der Waals surface area contributed by atoms with Crippen LogP contribution in [0.2, 0.25) is 0 Å². The fourth-order valence-electron chi connectivity index (χ4n) is 1.32. The second-order valence-electron chi connectivity index (χ2n) is 3.73. The van der Waals surface area contributed by atoms with E-state index in [-0.39, 0.29) is 12.2 Å². The summed E-state index contributed by atoms with van der Waals surface area (Å²) in [5.41, 5.74) is -0.823. The number of rotatable bonds is 3. The van der Waals surface area contributed by atoms with E-state index in [1.165, 1.54) is 19.1 Å². The number of hydrogen-bond acceptors (Lipinski definition) is 2. The zero-order valence-corrected chi connectivity index (χ0v) is 9.08. The first-order chi connectivity index (χ1) is 7.74. The molecule has 1 atom stereocenters. The molecular weight excluding hydrogens is 233 g/mol. The summed E-state index contributed by atoms with van der Waals surface area (Å²) in [5.74, 6) is 1.96. The first kappa shape index (κ1) is 13.4. The molecule has 0 radical (unpaired) electrons. The topological polar surface area (TPSA) is 29.5 Å². The Labute approximate surface area is 97.0 Å². The number of halogens is 3. The maximum Gasteiger partial charge on any atom is 0.573 e. The molecule has 0 saturated heterocycles. The molecule has 0 unspecified atom stereocenters. The van der Waals surface area contributed by atoms with Crippen molar-refractivity contribution in [1.82, 2.24) is 0 Å². The fraction of sp³-hybridized carbons (Fsp3) is 0.333. The first-order valence-electron chi connectivity index (χ1n) is 4.77. The first-order valence-corrected chi connectivity index (χ1v) is 4.77. The van der Waals surface area contributed by atoms with E-state index < -0.39 is 12.0 Å². The van der Waals surface area contributed by atoms with Crippen LogP contribution in [-0.4, -0.2) is 11.5 Å². The Morgan fingerprint density at radius 3 is 2.24 bits per heavy atom. The smallest absolute Gasteiger partial charge is 0.406 e. The summed E-state index contributed by atoms with van der Waals surface area (Å²) in [6.45, 7) is 1.49. The van der Waals surface area contributed by atoms with Gasteiger partial charge in [0, 0.05) is 6.42 Å². The van der Waals surface area contributed by atoms with Gasteiger partial charge < -0.3 is 9.84 Å². The van der Waals surface area contributed by atoms with Crippen molar-refractivity contribution in [3.63, 3.8) is 0 Å². The molecule has 0 heterocycles. The van der Waals surface area contributed by atoms with Gasteiger partial charge in [-0.1, -0.05) is 12.1 Å². The van der Waals surface area contributed by atoms with E-state index in [4.69, 9.17) is 6.42 Å². The Hall–Kier alpha value is -1.67. The summed E-state index contributed by atoms with van der Waals surface area (Å²) in [4.78, 5) is 0. The van der Waals surface area contributed by atoms with E-state index in [1.54, 1.807) is 0 Å². The van der Waals surface area contributed by atoms with Gasteiger partial charge in [-0.15, -0.1) is 25.5 Å². The Balaban J connectivity index is 2.86. The Morgan fingerprint density at radius 2 is 1.82 bits per heavy atom. The summed E-state index contributed by atoms with van der Waals surface area (Å²) >= 11 is 0. The molecule has 0 aromatic heterocycles. The molecule has 0 aliphatic carbocycles. The quantitative estimate of drug-likeness (QED) is 0.828. The van der Waals surface area contributed by atoms with Crippen molar-refractivity contribution in [3.05, 3.63) is 29.8 Å². The lowest BCUT2D eigenvalue weighted by molar-refractivity contribution is -0.274. The van der Waals surface area contributed by atoms with Crippen LogP contribution in [0.15, 0.2) is 24.3 Å². The number of alkyl halides is 3. The minimum Gasteiger partial charge on any atom is -0.406 e. The summed E-state index contributed by atoms with van der Waals surface area (Å²) < 4.78 is 39.4. The SMILES string of the molecule is C#CC[C@](C)(O)c1ccc(OC(F)(F)F)cc1. The number of benzene rings is 1. The Kier molecular flexibility index (Phi) is 3.69. The van der Waals surface area contributed by atoms with Gasteiger partial charge >= 0.3 is 6.36 Å². The number of aliphatic hydroxyl groups is 1. The molecule has 1 aromatic carbocycles. The Bertz CT molecular complexity index is 413. The third kappa shape index (κ3) is 4.00. The number of hydrogen-bond donors (Lipinski definition) is 1. The average molecular weight is 244 g/mol. The minimum absolute atomic E-state index is 0.0759. The highest BCUT2D eigenvalue weighted by molar-refractivity contribution is 5.31. The molecular formula is C12H11F3O2. The molecule has 0 spiro atoms. The van der Waals surface area contributed by atoms with Crippen LogP contribution in [0.1, 0.15) is 18.9 Å². The molecule has 0 bridgehead atoms. The average Bonchev–Trinajstić information content (AvgIpc) is 2.15. The third-order valence-electron chi connectivity index (χ3n) is 2.16. The van der Waals surface area contributed by atoms with Gasteiger partial charge in [0.25, 0.3) is 0 Å². The fourth-order valence-corrected chi connectivity index (χ4v) is 1.32. The lowest BCUT2D eigenvalue weighted by Crippen LogP contribution is -2.20. The van der Waals surface area contributed by atoms with Gasteiger partial charge in [0.2, 0.25) is 0 Å². The van der Waals surface area contributed by atoms with Crippen molar-refractivity contribution in [2.45, 2.75) is 25.3 Å². The lowest BCUT2D eigenvalue weighted by atomic mass is 9.93. The molecule has 0 aliphatic rings. The second-order valence-corrected chi connectivity index (χ2v) is 3.73. The van der Waals surface area contributed by atoms with Gasteiger partial charge in [0.15, 0.2) is 0 Å². The van der Waals surface area contributed by atoms with Gasteiger partial charge in [0.1, 0.15) is 5.75 Å². The summed E-state index contributed by atoms with van der Waals surface area (Å²) in [6, 6.07) is 4.96. The van der Waals surface area contributed by atoms with E-state index in [0.29, 0.717) is 5.56 Å². The predicted molar refractivity (Wildman–Crippen MR) is 56.1 cm³/mol. The molecule has 2 nitrogen and oxygen atoms in total. The Morgan fingerprint density at radius 1 is 1.29 bits per heavy atom. The maximum absolute atomic E-state index is 11.9. The largest absolute Gasteiger partial charge is 0.573 e. The maximum atomic E-state index is 11.9. The highest BCUT2D eigenvalue weighted by Gasteiger charge is 2.31. The highest BCUT2D eigenvalue weighted by Crippen LogP contribution is 2.28. The predicted octanol–water partition coefficient (Wildman–Crippen LogP) is 2.82. The van der Waals surface area contributed by atoms with E-state index in [1.807, 2.05) is 0 Å². The van der Waals surface area contributed by atoms with Crippen LogP contribution in [-0.2, 0) is 5.60 Å². The van der Waals surface area contributed by atoms with Crippen LogP contribution in [0.3, 0.4) is 0 Å². The second kappa shape index (κ2) is 4.68. The van der Waals surface area contributed by atoms with E-state index in [0.717, 1.165) is 12.1 Å². The van der Waals surface area contributed by atoms with Crippen LogP contribution in [0.4, 0.5) is 13.2 Å². The van der Waals surface area contributed by atoms with Crippen molar-refractivity contribution in [2.24, 2.45) is 0 Å². The number of ether oxygens (including phenoxy) is 1. The molecule has 0 saturated carbocycles. The minimum atomic E-state index is -4.72. The van der Waals surface area contributed by atoms with Crippen molar-refractivity contribution >= 4 is 0 Å². The molecule has 17 heavy (non-hydrogen) atoms. The molecule has 1 rings (SSSR count). The standard InChI is InChI=1S/C12H11F3O2/c1-3-8-11(2,16)9-4-6-10(7-5-9)17-12(13,14)15/h1,4-7,16H,8H2,2H3/t11-/m0/s1. The van der Waals surface area contributed by atoms with Crippen LogP contribution < -0.4 is 4.74 Å². The monoisotopic (exact) mass is 244 g/mol. The molecule has 5 heteroatoms. The molecule has 1 aromatic rings. The van der Waals surface area contributed by atoms with Gasteiger partial charge in [-0.2, -0.15) is 0 Å². The van der Waals surface area contributed by atoms with Crippen LogP contribution in [0.25, 0.3) is 0 Å². The van der Waals surface area contributed by atoms with Crippen molar-refractivity contribution < 1.29 is 23.0 Å². The third-order valence-corrected chi connectivity index (χ3v) is 2.16. The van der Waals surface area contributed by atoms with Gasteiger partial charge in [0.05, 0.1) is 5.60 Å². The van der Waals surface area contributed by atoms with E-state index in [9.17, 15) is 18.3 Å². The van der Waals surface area contributed by atoms with Crippen molar-refractivity contribution in [3.8, 4) is 18.1 Å². The zero-order chi connectivity index (χ0) is 13.1. The summed E-state index contributed by atoms with van der Waals surface area (Å²) in [6.07, 6.45) is 0.438. The molecule has 0 aliphatic heterocycles. The van der Waals surface area contributed by atoms with Crippen molar-refractivity contribution in [1.29, 1.82) is 0 Å². The highest BCUT2D eigenvalue weighted by atomic mass is 19.4. The normalized spacial score (nSPS) is 14.8. The van der Waals surface area contributed by atoms with Crippen molar-refractivity contribution in [2.75, 3.05) is 0 Å². The van der Waals surface area contributed by atoms with Crippen LogP contribution >= 0.6 is 0 Å². The molecule has 1 N–H and O–H groups in total. The molecule has 92 valence electrons. The molecule has 0 amide bonds. The zero-order valence-electron chi connectivity index (χ0n) is 9.08. The van der Waals surface area contributed by atoms with Crippen LogP contribution in [0, 0.1) is 12.3 Å². The van der Waals surface area contributed by atoms with Crippen LogP contribution in [0.5, 0.6) is 5.75 Å². The lowest BCUT2D eigenvalue weighted by Gasteiger charge is -2.21. The van der Waals surface area contributed by atoms with Gasteiger partial charge in [-0.3, -0.25) is 0 Å². The number of terminal acetylenes is 1. The summed E-state index contributed by atoms with van der Waals surface area (Å²) in [5, 5.41) is 9.90. The summed E-state index contributed by atoms with van der Waals surface area (Å²) in [7, 11) is 0. The van der Waals surface area contributed by atoms with E-state index >= 15 is 0 Å².